The number of ether oxygens (including phenoxy) is 1. The first-order valence-electron chi connectivity index (χ1n) is 6.07. The molecule has 0 unspecified atom stereocenters. The molecule has 0 saturated carbocycles. The van der Waals surface area contributed by atoms with E-state index in [0.717, 1.165) is 0 Å². The van der Waals surface area contributed by atoms with Crippen LogP contribution in [0.4, 0.5) is 10.1 Å². The summed E-state index contributed by atoms with van der Waals surface area (Å²) in [6, 6.07) is 2.60. The van der Waals surface area contributed by atoms with Gasteiger partial charge in [0, 0.05) is 10.9 Å². The molecule has 6 nitrogen and oxygen atoms in total. The van der Waals surface area contributed by atoms with Crippen LogP contribution in [0.15, 0.2) is 30.7 Å². The number of halogens is 1. The fraction of sp³-hybridized carbons (Fsp3) is 0.0714. The molecule has 21 heavy (non-hydrogen) atoms. The van der Waals surface area contributed by atoms with E-state index in [0.29, 0.717) is 5.39 Å². The van der Waals surface area contributed by atoms with Crippen LogP contribution < -0.4 is 10.5 Å². The minimum absolute atomic E-state index is 0.174. The van der Waals surface area contributed by atoms with Crippen LogP contribution in [0.1, 0.15) is 15.9 Å². The molecule has 0 amide bonds. The van der Waals surface area contributed by atoms with Crippen molar-refractivity contribution in [3.05, 3.63) is 47.7 Å². The summed E-state index contributed by atoms with van der Waals surface area (Å²) in [5.41, 5.74) is 6.68. The Bertz CT molecular complexity index is 844. The number of nitrogens with zero attached hydrogens (tertiary/aromatic N) is 2. The number of ketones is 1. The number of carbonyl (C=O) groups is 1. The summed E-state index contributed by atoms with van der Waals surface area (Å²) in [6.07, 6.45) is 4.17. The van der Waals surface area contributed by atoms with Crippen LogP contribution in [0.3, 0.4) is 0 Å². The maximum atomic E-state index is 13.6. The van der Waals surface area contributed by atoms with Gasteiger partial charge in [-0.1, -0.05) is 0 Å². The van der Waals surface area contributed by atoms with Crippen molar-refractivity contribution in [3.8, 4) is 5.75 Å². The first kappa shape index (κ1) is 13.0. The van der Waals surface area contributed by atoms with E-state index in [1.54, 1.807) is 0 Å². The van der Waals surface area contributed by atoms with Crippen molar-refractivity contribution in [2.75, 3.05) is 12.8 Å². The molecular formula is C14H11FN4O2. The van der Waals surface area contributed by atoms with Crippen molar-refractivity contribution in [2.24, 2.45) is 0 Å². The molecule has 2 heterocycles. The van der Waals surface area contributed by atoms with Crippen LogP contribution in [0.5, 0.6) is 5.75 Å². The van der Waals surface area contributed by atoms with Crippen molar-refractivity contribution in [1.29, 1.82) is 0 Å². The lowest BCUT2D eigenvalue weighted by atomic mass is 9.99. The summed E-state index contributed by atoms with van der Waals surface area (Å²) in [5, 5.41) is 6.68. The highest BCUT2D eigenvalue weighted by Gasteiger charge is 2.21. The SMILES string of the molecule is COc1cncc(N)c1C(=O)c1ccc(F)c2[nH]ncc12. The number of hydrogen-bond acceptors (Lipinski definition) is 5. The summed E-state index contributed by atoms with van der Waals surface area (Å²) in [7, 11) is 1.42. The molecule has 0 atom stereocenters. The number of H-pyrrole nitrogens is 1. The van der Waals surface area contributed by atoms with Gasteiger partial charge >= 0.3 is 0 Å². The van der Waals surface area contributed by atoms with E-state index < -0.39 is 5.82 Å². The van der Waals surface area contributed by atoms with Gasteiger partial charge in [-0.25, -0.2) is 4.39 Å². The van der Waals surface area contributed by atoms with Crippen LogP contribution in [0.25, 0.3) is 10.9 Å². The zero-order chi connectivity index (χ0) is 15.0. The van der Waals surface area contributed by atoms with Crippen molar-refractivity contribution >= 4 is 22.4 Å². The predicted molar refractivity (Wildman–Crippen MR) is 74.7 cm³/mol. The number of hydrogen-bond donors (Lipinski definition) is 2. The zero-order valence-corrected chi connectivity index (χ0v) is 11.1. The monoisotopic (exact) mass is 286 g/mol. The first-order valence-corrected chi connectivity index (χ1v) is 6.07. The van der Waals surface area contributed by atoms with Crippen LogP contribution in [0, 0.1) is 5.82 Å². The van der Waals surface area contributed by atoms with Gasteiger partial charge in [-0.2, -0.15) is 5.10 Å². The summed E-state index contributed by atoms with van der Waals surface area (Å²) < 4.78 is 18.8. The van der Waals surface area contributed by atoms with E-state index >= 15 is 0 Å². The van der Waals surface area contributed by atoms with Gasteiger partial charge in [-0.3, -0.25) is 14.9 Å². The number of carbonyl (C=O) groups excluding carboxylic acids is 1. The number of benzene rings is 1. The number of aromatic nitrogens is 3. The lowest BCUT2D eigenvalue weighted by Crippen LogP contribution is -2.09. The number of rotatable bonds is 3. The molecule has 2 aromatic heterocycles. The summed E-state index contributed by atoms with van der Waals surface area (Å²) in [5.74, 6) is -0.590. The number of aromatic amines is 1. The zero-order valence-electron chi connectivity index (χ0n) is 11.1. The van der Waals surface area contributed by atoms with Gasteiger partial charge in [0.15, 0.2) is 5.78 Å². The number of anilines is 1. The van der Waals surface area contributed by atoms with E-state index in [2.05, 4.69) is 15.2 Å². The number of fused-ring (bicyclic) bond motifs is 1. The predicted octanol–water partition coefficient (Wildman–Crippen LogP) is 1.92. The minimum atomic E-state index is -0.478. The fourth-order valence-electron chi connectivity index (χ4n) is 2.19. The van der Waals surface area contributed by atoms with Crippen LogP contribution in [-0.2, 0) is 0 Å². The van der Waals surface area contributed by atoms with Gasteiger partial charge in [0.2, 0.25) is 0 Å². The lowest BCUT2D eigenvalue weighted by molar-refractivity contribution is 0.103. The molecule has 0 aliphatic rings. The normalized spacial score (nSPS) is 10.8. The number of pyridine rings is 1. The molecule has 0 spiro atoms. The smallest absolute Gasteiger partial charge is 0.199 e. The summed E-state index contributed by atoms with van der Waals surface area (Å²) in [6.45, 7) is 0. The van der Waals surface area contributed by atoms with Crippen LogP contribution in [-0.4, -0.2) is 28.1 Å². The molecule has 106 valence electrons. The van der Waals surface area contributed by atoms with E-state index in [9.17, 15) is 9.18 Å². The maximum Gasteiger partial charge on any atom is 0.199 e. The fourth-order valence-corrected chi connectivity index (χ4v) is 2.19. The molecular weight excluding hydrogens is 275 g/mol. The Morgan fingerprint density at radius 1 is 1.33 bits per heavy atom. The Hall–Kier alpha value is -2.96. The average Bonchev–Trinajstić information content (AvgIpc) is 2.97. The molecule has 7 heteroatoms. The number of methoxy groups -OCH3 is 1. The standard InChI is InChI=1S/C14H11FN4O2/c1-21-11-6-17-5-10(16)12(11)14(20)7-2-3-9(15)13-8(7)4-18-19-13/h2-6H,16H2,1H3,(H,18,19). The minimum Gasteiger partial charge on any atom is -0.494 e. The van der Waals surface area contributed by atoms with Crippen LogP contribution >= 0.6 is 0 Å². The van der Waals surface area contributed by atoms with Crippen molar-refractivity contribution in [2.45, 2.75) is 0 Å². The summed E-state index contributed by atoms with van der Waals surface area (Å²) >= 11 is 0. The molecule has 0 fully saturated rings. The topological polar surface area (TPSA) is 93.9 Å². The highest BCUT2D eigenvalue weighted by molar-refractivity contribution is 6.19. The third-order valence-electron chi connectivity index (χ3n) is 3.20. The van der Waals surface area contributed by atoms with Gasteiger partial charge in [-0.15, -0.1) is 0 Å². The van der Waals surface area contributed by atoms with E-state index in [-0.39, 0.29) is 33.9 Å². The highest BCUT2D eigenvalue weighted by atomic mass is 19.1. The van der Waals surface area contributed by atoms with Gasteiger partial charge in [-0.05, 0) is 12.1 Å². The van der Waals surface area contributed by atoms with Gasteiger partial charge in [0.1, 0.15) is 17.1 Å². The second kappa shape index (κ2) is 4.86. The Balaban J connectivity index is 2.23. The first-order chi connectivity index (χ1) is 10.1. The Labute approximate surface area is 118 Å². The molecule has 0 aliphatic carbocycles. The average molecular weight is 286 g/mol. The van der Waals surface area contributed by atoms with Gasteiger partial charge in [0.05, 0.1) is 37.0 Å². The van der Waals surface area contributed by atoms with Gasteiger partial charge < -0.3 is 10.5 Å². The Kier molecular flexibility index (Phi) is 3.02. The summed E-state index contributed by atoms with van der Waals surface area (Å²) in [4.78, 5) is 16.6. The van der Waals surface area contributed by atoms with E-state index in [4.69, 9.17) is 10.5 Å². The van der Waals surface area contributed by atoms with Crippen LogP contribution in [0.2, 0.25) is 0 Å². The largest absolute Gasteiger partial charge is 0.494 e. The van der Waals surface area contributed by atoms with Crippen molar-refractivity contribution < 1.29 is 13.9 Å². The molecule has 0 radical (unpaired) electrons. The number of nitrogens with one attached hydrogen (secondary N) is 1. The van der Waals surface area contributed by atoms with E-state index in [1.807, 2.05) is 0 Å². The lowest BCUT2D eigenvalue weighted by Gasteiger charge is -2.10. The molecule has 0 bridgehead atoms. The number of nitrogens with two attached hydrogens (primary N) is 1. The van der Waals surface area contributed by atoms with Crippen molar-refractivity contribution in [1.82, 2.24) is 15.2 Å². The quantitative estimate of drug-likeness (QED) is 0.717. The molecule has 0 saturated heterocycles. The maximum absolute atomic E-state index is 13.6. The van der Waals surface area contributed by atoms with Crippen molar-refractivity contribution in [3.63, 3.8) is 0 Å². The number of nitrogen functional groups attached to an aromatic ring is 1. The Morgan fingerprint density at radius 3 is 2.90 bits per heavy atom. The molecule has 0 aliphatic heterocycles. The molecule has 1 aromatic carbocycles. The van der Waals surface area contributed by atoms with Gasteiger partial charge in [0.25, 0.3) is 0 Å². The third kappa shape index (κ3) is 1.99. The highest BCUT2D eigenvalue weighted by Crippen LogP contribution is 2.29. The van der Waals surface area contributed by atoms with E-state index in [1.165, 1.54) is 37.8 Å². The molecule has 3 N–H and O–H groups in total. The third-order valence-corrected chi connectivity index (χ3v) is 3.20. The molecule has 3 rings (SSSR count). The Morgan fingerprint density at radius 2 is 2.14 bits per heavy atom. The second-order valence-corrected chi connectivity index (χ2v) is 4.39. The second-order valence-electron chi connectivity index (χ2n) is 4.39. The molecule has 3 aromatic rings.